The Morgan fingerprint density at radius 1 is 0.750 bits per heavy atom. The van der Waals surface area contributed by atoms with E-state index in [1.807, 2.05) is 9.71 Å². The lowest BCUT2D eigenvalue weighted by Gasteiger charge is -2.43. The number of hydrogen-bond donors (Lipinski definition) is 3. The quantitative estimate of drug-likeness (QED) is 0.156. The van der Waals surface area contributed by atoms with Gasteiger partial charge in [-0.1, -0.05) is 58.5 Å². The minimum absolute atomic E-state index is 0.0314. The van der Waals surface area contributed by atoms with Gasteiger partial charge in [-0.05, 0) is 50.0 Å². The van der Waals surface area contributed by atoms with E-state index in [4.69, 9.17) is 50.6 Å². The van der Waals surface area contributed by atoms with Gasteiger partial charge in [0.2, 0.25) is 0 Å². The second kappa shape index (κ2) is 19.0. The Labute approximate surface area is 344 Å². The van der Waals surface area contributed by atoms with Gasteiger partial charge in [0.1, 0.15) is 10.0 Å². The number of benzene rings is 2. The molecule has 6 rings (SSSR count). The van der Waals surface area contributed by atoms with E-state index in [1.54, 1.807) is 71.9 Å². The topological polar surface area (TPSA) is 187 Å². The van der Waals surface area contributed by atoms with Crippen LogP contribution in [0.15, 0.2) is 70.5 Å². The Bertz CT molecular complexity index is 2240. The number of rotatable bonds is 10. The van der Waals surface area contributed by atoms with E-state index in [0.717, 1.165) is 10.9 Å². The summed E-state index contributed by atoms with van der Waals surface area (Å²) in [5.41, 5.74) is 0.843. The van der Waals surface area contributed by atoms with E-state index in [0.29, 0.717) is 72.1 Å². The van der Waals surface area contributed by atoms with Crippen molar-refractivity contribution < 1.29 is 27.8 Å². The SMILES string of the molecule is CB(O)N1CCN(c2cnn(-c3cccc(Cl)c3)c(=O)c2Cl)C(CO)C1.CB(O)N1CCN(c2cnn(-c3cccc(Cl)c3)c(=O)c2Cl)C(COS(C)(=O)=O)C1. The highest BCUT2D eigenvalue weighted by atomic mass is 35.5. The summed E-state index contributed by atoms with van der Waals surface area (Å²) in [4.78, 5) is 32.8. The Balaban J connectivity index is 0.000000216. The number of hydrogen-bond acceptors (Lipinski definition) is 14. The zero-order valence-electron chi connectivity index (χ0n) is 30.6. The zero-order chi connectivity index (χ0) is 40.9. The van der Waals surface area contributed by atoms with Gasteiger partial charge in [-0.2, -0.15) is 28.0 Å². The van der Waals surface area contributed by atoms with Crippen LogP contribution in [0.2, 0.25) is 33.7 Å². The molecule has 0 radical (unpaired) electrons. The number of halogens is 4. The van der Waals surface area contributed by atoms with Crippen molar-refractivity contribution in [2.24, 2.45) is 0 Å². The summed E-state index contributed by atoms with van der Waals surface area (Å²) in [6, 6.07) is 12.7. The Hall–Kier alpha value is -3.20. The van der Waals surface area contributed by atoms with Gasteiger partial charge in [-0.3, -0.25) is 13.8 Å². The van der Waals surface area contributed by atoms with Crippen LogP contribution in [-0.4, -0.2) is 138 Å². The van der Waals surface area contributed by atoms with Crippen LogP contribution in [-0.2, 0) is 14.3 Å². The first-order chi connectivity index (χ1) is 26.5. The van der Waals surface area contributed by atoms with Gasteiger partial charge >= 0.3 is 14.1 Å². The third-order valence-corrected chi connectivity index (χ3v) is 11.0. The first-order valence-electron chi connectivity index (χ1n) is 17.4. The minimum atomic E-state index is -3.67. The van der Waals surface area contributed by atoms with Gasteiger partial charge in [0.15, 0.2) is 0 Å². The van der Waals surface area contributed by atoms with E-state index < -0.39 is 41.4 Å². The van der Waals surface area contributed by atoms with Crippen molar-refractivity contribution in [1.82, 2.24) is 29.2 Å². The van der Waals surface area contributed by atoms with E-state index in [1.165, 1.54) is 17.1 Å². The van der Waals surface area contributed by atoms with Gasteiger partial charge in [0.05, 0.1) is 66.7 Å². The van der Waals surface area contributed by atoms with Crippen LogP contribution in [0, 0.1) is 0 Å². The molecule has 3 N–H and O–H groups in total. The molecule has 2 fully saturated rings. The number of piperazine rings is 2. The van der Waals surface area contributed by atoms with E-state index in [-0.39, 0.29) is 29.3 Å². The summed E-state index contributed by atoms with van der Waals surface area (Å²) in [6.07, 6.45) is 3.94. The van der Waals surface area contributed by atoms with Crippen molar-refractivity contribution in [3.63, 3.8) is 0 Å². The lowest BCUT2D eigenvalue weighted by molar-refractivity contribution is 0.208. The molecule has 2 aliphatic heterocycles. The number of aromatic nitrogens is 4. The van der Waals surface area contributed by atoms with Crippen LogP contribution in [0.4, 0.5) is 11.4 Å². The first-order valence-corrected chi connectivity index (χ1v) is 20.7. The second-order valence-electron chi connectivity index (χ2n) is 13.2. The van der Waals surface area contributed by atoms with Gasteiger partial charge in [0.25, 0.3) is 21.2 Å². The number of anilines is 2. The number of aliphatic hydroxyl groups excluding tert-OH is 1. The molecule has 0 spiro atoms. The molecule has 0 aliphatic carbocycles. The average molecular weight is 872 g/mol. The third kappa shape index (κ3) is 10.6. The molecule has 0 amide bonds. The van der Waals surface area contributed by atoms with Gasteiger partial charge in [-0.25, -0.2) is 0 Å². The molecular weight excluding hydrogens is 832 g/mol. The van der Waals surface area contributed by atoms with Crippen molar-refractivity contribution >= 4 is 82.0 Å². The smallest absolute Gasteiger partial charge is 0.376 e. The monoisotopic (exact) mass is 870 g/mol. The largest absolute Gasteiger partial charge is 0.437 e. The normalized spacial score (nSPS) is 18.0. The summed E-state index contributed by atoms with van der Waals surface area (Å²) in [6.45, 7) is 5.79. The predicted octanol–water partition coefficient (Wildman–Crippen LogP) is 2.25. The fourth-order valence-corrected chi connectivity index (χ4v) is 7.65. The van der Waals surface area contributed by atoms with Gasteiger partial charge < -0.3 is 34.6 Å². The van der Waals surface area contributed by atoms with Gasteiger partial charge in [-0.15, -0.1) is 0 Å². The molecule has 2 unspecified atom stereocenters. The summed E-state index contributed by atoms with van der Waals surface area (Å²) in [5.74, 6) is 0. The molecule has 56 heavy (non-hydrogen) atoms. The predicted molar refractivity (Wildman–Crippen MR) is 221 cm³/mol. The Morgan fingerprint density at radius 3 is 1.57 bits per heavy atom. The van der Waals surface area contributed by atoms with Crippen molar-refractivity contribution in [3.05, 3.63) is 102 Å². The fourth-order valence-electron chi connectivity index (χ4n) is 6.40. The average Bonchev–Trinajstić information content (AvgIpc) is 3.15. The molecule has 2 aliphatic rings. The van der Waals surface area contributed by atoms with Crippen molar-refractivity contribution in [3.8, 4) is 11.4 Å². The molecule has 23 heteroatoms. The minimum Gasteiger partial charge on any atom is -0.437 e. The summed E-state index contributed by atoms with van der Waals surface area (Å²) in [5, 5.41) is 38.8. The molecule has 4 heterocycles. The highest BCUT2D eigenvalue weighted by Gasteiger charge is 2.34. The Morgan fingerprint density at radius 2 is 1.18 bits per heavy atom. The van der Waals surface area contributed by atoms with E-state index in [2.05, 4.69) is 10.2 Å². The number of aliphatic hydroxyl groups is 1. The maximum absolute atomic E-state index is 12.9. The highest BCUT2D eigenvalue weighted by Crippen LogP contribution is 2.28. The molecule has 2 atom stereocenters. The van der Waals surface area contributed by atoms with E-state index in [9.17, 15) is 33.2 Å². The maximum atomic E-state index is 12.9. The van der Waals surface area contributed by atoms with Crippen molar-refractivity contribution in [2.45, 2.75) is 25.7 Å². The van der Waals surface area contributed by atoms with Gasteiger partial charge in [0, 0.05) is 49.3 Å². The highest BCUT2D eigenvalue weighted by molar-refractivity contribution is 7.86. The van der Waals surface area contributed by atoms with Crippen LogP contribution in [0.25, 0.3) is 11.4 Å². The van der Waals surface area contributed by atoms with Crippen molar-refractivity contribution in [1.29, 1.82) is 0 Å². The van der Waals surface area contributed by atoms with Crippen LogP contribution >= 0.6 is 46.4 Å². The van der Waals surface area contributed by atoms with Crippen LogP contribution < -0.4 is 20.9 Å². The molecule has 0 saturated carbocycles. The number of nitrogens with zero attached hydrogens (tertiary/aromatic N) is 8. The first kappa shape index (κ1) is 43.9. The van der Waals surface area contributed by atoms with Crippen LogP contribution in [0.5, 0.6) is 0 Å². The lowest BCUT2D eigenvalue weighted by atomic mass is 9.83. The van der Waals surface area contributed by atoms with Crippen molar-refractivity contribution in [2.75, 3.05) is 68.5 Å². The standard InChI is InChI=1S/C17H21BCl2N4O5S.C16H19BCl2N4O3/c1-18(26)22-6-7-23(14(10-22)11-29-30(2,27)28)15-9-21-24(17(25)16(15)20)13-5-3-4-12(19)8-13;1-17(26)21-5-6-22(13(9-21)10-24)14-8-20-23(16(25)15(14)19)12-4-2-3-11(18)7-12/h3-5,8-9,14,26H,6-7,10-11H2,1-2H3;2-4,7-8,13,24,26H,5-6,9-10H2,1H3. The van der Waals surface area contributed by atoms with Crippen LogP contribution in [0.1, 0.15) is 0 Å². The lowest BCUT2D eigenvalue weighted by Crippen LogP contribution is -2.58. The molecule has 2 aromatic carbocycles. The zero-order valence-corrected chi connectivity index (χ0v) is 34.5. The molecular formula is C33H40B2Cl4N8O8S. The maximum Gasteiger partial charge on any atom is 0.376 e. The van der Waals surface area contributed by atoms with Crippen LogP contribution in [0.3, 0.4) is 0 Å². The summed E-state index contributed by atoms with van der Waals surface area (Å²) >= 11 is 24.7. The molecule has 300 valence electrons. The molecule has 2 aromatic heterocycles. The Kier molecular flexibility index (Phi) is 14.9. The molecule has 4 aromatic rings. The molecule has 2 saturated heterocycles. The second-order valence-corrected chi connectivity index (χ2v) is 16.5. The third-order valence-electron chi connectivity index (χ3n) is 9.30. The summed E-state index contributed by atoms with van der Waals surface area (Å²) < 4.78 is 30.3. The summed E-state index contributed by atoms with van der Waals surface area (Å²) in [7, 11) is -4.98. The molecule has 16 nitrogen and oxygen atoms in total. The van der Waals surface area contributed by atoms with E-state index >= 15 is 0 Å². The fraction of sp³-hybridized carbons (Fsp3) is 0.394. The molecule has 0 bridgehead atoms.